The number of sulfonamides is 1. The number of rotatable bonds is 6. The number of carbonyl (C=O) groups excluding carboxylic acids is 1. The van der Waals surface area contributed by atoms with E-state index >= 15 is 0 Å². The fraction of sp³-hybridized carbons (Fsp3) is 0.174. The van der Waals surface area contributed by atoms with Gasteiger partial charge in [-0.05, 0) is 60.9 Å². The lowest BCUT2D eigenvalue weighted by atomic mass is 10.1. The van der Waals surface area contributed by atoms with E-state index < -0.39 is 27.7 Å². The Balaban J connectivity index is 1.89. The molecule has 1 amide bonds. The smallest absolute Gasteiger partial charge is 0.322 e. The lowest BCUT2D eigenvalue weighted by Gasteiger charge is -2.14. The SMILES string of the molecule is CCc1ccccc1NS(=O)(=O)c1ccc(C)c(C(=O)Nc2cccc(C(F)(F)F)c2)c1. The average Bonchev–Trinajstić information content (AvgIpc) is 2.73. The summed E-state index contributed by atoms with van der Waals surface area (Å²) in [6.45, 7) is 3.51. The number of benzene rings is 3. The van der Waals surface area contributed by atoms with Gasteiger partial charge in [-0.1, -0.05) is 37.3 Å². The Morgan fingerprint density at radius 1 is 0.969 bits per heavy atom. The largest absolute Gasteiger partial charge is 0.416 e. The van der Waals surface area contributed by atoms with Gasteiger partial charge in [0.15, 0.2) is 0 Å². The Bertz CT molecular complexity index is 1260. The van der Waals surface area contributed by atoms with E-state index in [1.165, 1.54) is 30.3 Å². The number of halogens is 3. The number of anilines is 2. The van der Waals surface area contributed by atoms with Crippen LogP contribution in [0.2, 0.25) is 0 Å². The zero-order valence-corrected chi connectivity index (χ0v) is 18.1. The molecule has 3 aromatic carbocycles. The lowest BCUT2D eigenvalue weighted by molar-refractivity contribution is -0.137. The number of alkyl halides is 3. The van der Waals surface area contributed by atoms with Crippen molar-refractivity contribution in [3.8, 4) is 0 Å². The second kappa shape index (κ2) is 9.04. The maximum atomic E-state index is 12.9. The van der Waals surface area contributed by atoms with Crippen molar-refractivity contribution >= 4 is 27.3 Å². The van der Waals surface area contributed by atoms with Gasteiger partial charge in [-0.25, -0.2) is 8.42 Å². The van der Waals surface area contributed by atoms with Crippen LogP contribution in [-0.4, -0.2) is 14.3 Å². The first kappa shape index (κ1) is 23.3. The predicted octanol–water partition coefficient (Wildman–Crippen LogP) is 5.63. The maximum Gasteiger partial charge on any atom is 0.416 e. The van der Waals surface area contributed by atoms with E-state index in [4.69, 9.17) is 0 Å². The van der Waals surface area contributed by atoms with Gasteiger partial charge in [0.2, 0.25) is 0 Å². The van der Waals surface area contributed by atoms with Gasteiger partial charge in [-0.2, -0.15) is 13.2 Å². The number of hydrogen-bond donors (Lipinski definition) is 2. The molecule has 5 nitrogen and oxygen atoms in total. The van der Waals surface area contributed by atoms with Gasteiger partial charge < -0.3 is 5.32 Å². The molecule has 0 unspecified atom stereocenters. The molecule has 0 aliphatic carbocycles. The van der Waals surface area contributed by atoms with Crippen molar-refractivity contribution in [2.24, 2.45) is 0 Å². The number of aryl methyl sites for hydroxylation is 2. The summed E-state index contributed by atoms with van der Waals surface area (Å²) in [6.07, 6.45) is -3.93. The van der Waals surface area contributed by atoms with Gasteiger partial charge in [0.1, 0.15) is 0 Å². The second-order valence-electron chi connectivity index (χ2n) is 7.13. The Kier molecular flexibility index (Phi) is 6.59. The molecule has 0 bridgehead atoms. The van der Waals surface area contributed by atoms with Gasteiger partial charge in [0.05, 0.1) is 16.1 Å². The van der Waals surface area contributed by atoms with Gasteiger partial charge in [-0.15, -0.1) is 0 Å². The number of carbonyl (C=O) groups is 1. The van der Waals surface area contributed by atoms with Crippen LogP contribution in [0, 0.1) is 6.92 Å². The summed E-state index contributed by atoms with van der Waals surface area (Å²) in [6, 6.07) is 15.2. The molecule has 9 heteroatoms. The average molecular weight is 462 g/mol. The van der Waals surface area contributed by atoms with Crippen LogP contribution in [0.15, 0.2) is 71.6 Å². The zero-order valence-electron chi connectivity index (χ0n) is 17.3. The van der Waals surface area contributed by atoms with Crippen LogP contribution in [0.4, 0.5) is 24.5 Å². The molecule has 168 valence electrons. The highest BCUT2D eigenvalue weighted by Gasteiger charge is 2.30. The van der Waals surface area contributed by atoms with Crippen molar-refractivity contribution in [2.45, 2.75) is 31.3 Å². The topological polar surface area (TPSA) is 75.3 Å². The minimum absolute atomic E-state index is 0.0362. The first-order valence-electron chi connectivity index (χ1n) is 9.71. The van der Waals surface area contributed by atoms with E-state index in [0.717, 1.165) is 17.7 Å². The summed E-state index contributed by atoms with van der Waals surface area (Å²) >= 11 is 0. The van der Waals surface area contributed by atoms with E-state index in [1.54, 1.807) is 31.2 Å². The molecule has 0 radical (unpaired) electrons. The van der Waals surface area contributed by atoms with Crippen LogP contribution < -0.4 is 10.0 Å². The first-order chi connectivity index (χ1) is 15.0. The Morgan fingerprint density at radius 3 is 2.38 bits per heavy atom. The molecular formula is C23H21F3N2O3S. The van der Waals surface area contributed by atoms with Gasteiger partial charge in [-0.3, -0.25) is 9.52 Å². The van der Waals surface area contributed by atoms with E-state index in [1.807, 2.05) is 6.92 Å². The minimum atomic E-state index is -4.55. The van der Waals surface area contributed by atoms with Crippen molar-refractivity contribution in [1.29, 1.82) is 0 Å². The summed E-state index contributed by atoms with van der Waals surface area (Å²) in [5.74, 6) is -0.715. The molecule has 0 heterocycles. The van der Waals surface area contributed by atoms with Gasteiger partial charge in [0.25, 0.3) is 15.9 Å². The standard InChI is InChI=1S/C23H21F3N2O3S/c1-3-16-7-4-5-10-21(16)28-32(30,31)19-12-11-15(2)20(14-19)22(29)27-18-9-6-8-17(13-18)23(24,25)26/h4-14,28H,3H2,1-2H3,(H,27,29). The Morgan fingerprint density at radius 2 is 1.69 bits per heavy atom. The highest BCUT2D eigenvalue weighted by atomic mass is 32.2. The van der Waals surface area contributed by atoms with Crippen LogP contribution in [-0.2, 0) is 22.6 Å². The second-order valence-corrected chi connectivity index (χ2v) is 8.81. The van der Waals surface area contributed by atoms with Crippen molar-refractivity contribution in [3.05, 3.63) is 89.0 Å². The molecule has 3 aromatic rings. The molecular weight excluding hydrogens is 441 g/mol. The number of nitrogens with one attached hydrogen (secondary N) is 2. The van der Waals surface area contributed by atoms with Crippen LogP contribution in [0.3, 0.4) is 0 Å². The molecule has 0 aliphatic rings. The quantitative estimate of drug-likeness (QED) is 0.499. The molecule has 0 spiro atoms. The first-order valence-corrected chi connectivity index (χ1v) is 11.2. The molecule has 0 atom stereocenters. The third-order valence-corrected chi connectivity index (χ3v) is 6.22. The third-order valence-electron chi connectivity index (χ3n) is 4.85. The molecule has 2 N–H and O–H groups in total. The van der Waals surface area contributed by atoms with E-state index in [2.05, 4.69) is 10.0 Å². The van der Waals surface area contributed by atoms with E-state index in [0.29, 0.717) is 17.7 Å². The van der Waals surface area contributed by atoms with Crippen molar-refractivity contribution in [3.63, 3.8) is 0 Å². The molecule has 0 aliphatic heterocycles. The predicted molar refractivity (Wildman–Crippen MR) is 117 cm³/mol. The van der Waals surface area contributed by atoms with Crippen LogP contribution in [0.5, 0.6) is 0 Å². The summed E-state index contributed by atoms with van der Waals surface area (Å²) in [4.78, 5) is 12.6. The number of hydrogen-bond acceptors (Lipinski definition) is 3. The molecule has 0 saturated heterocycles. The van der Waals surface area contributed by atoms with Crippen molar-refractivity contribution in [2.75, 3.05) is 10.0 Å². The number of amides is 1. The highest BCUT2D eigenvalue weighted by Crippen LogP contribution is 2.31. The molecule has 3 rings (SSSR count). The van der Waals surface area contributed by atoms with Gasteiger partial charge >= 0.3 is 6.18 Å². The molecule has 32 heavy (non-hydrogen) atoms. The maximum absolute atomic E-state index is 12.9. The lowest BCUT2D eigenvalue weighted by Crippen LogP contribution is -2.18. The monoisotopic (exact) mass is 462 g/mol. The molecule has 0 fully saturated rings. The van der Waals surface area contributed by atoms with Crippen LogP contribution in [0.1, 0.15) is 34.0 Å². The van der Waals surface area contributed by atoms with Crippen LogP contribution in [0.25, 0.3) is 0 Å². The summed E-state index contributed by atoms with van der Waals surface area (Å²) < 4.78 is 67.1. The zero-order chi connectivity index (χ0) is 23.5. The van der Waals surface area contributed by atoms with E-state index in [-0.39, 0.29) is 16.1 Å². The minimum Gasteiger partial charge on any atom is -0.322 e. The normalized spacial score (nSPS) is 11.8. The Labute approximate surface area is 184 Å². The fourth-order valence-electron chi connectivity index (χ4n) is 3.12. The molecule has 0 saturated carbocycles. The number of para-hydroxylation sites is 1. The summed E-state index contributed by atoms with van der Waals surface area (Å²) in [5, 5.41) is 2.40. The van der Waals surface area contributed by atoms with Crippen molar-refractivity contribution in [1.82, 2.24) is 0 Å². The highest BCUT2D eigenvalue weighted by molar-refractivity contribution is 7.92. The van der Waals surface area contributed by atoms with Gasteiger partial charge in [0, 0.05) is 11.3 Å². The Hall–Kier alpha value is -3.33. The summed E-state index contributed by atoms with van der Waals surface area (Å²) in [5.41, 5.74) is 0.808. The fourth-order valence-corrected chi connectivity index (χ4v) is 4.24. The van der Waals surface area contributed by atoms with Crippen LogP contribution >= 0.6 is 0 Å². The van der Waals surface area contributed by atoms with Crippen molar-refractivity contribution < 1.29 is 26.4 Å². The summed E-state index contributed by atoms with van der Waals surface area (Å²) in [7, 11) is -4.00. The van der Waals surface area contributed by atoms with E-state index in [9.17, 15) is 26.4 Å². The third kappa shape index (κ3) is 5.28. The molecule has 0 aromatic heterocycles.